The van der Waals surface area contributed by atoms with E-state index in [4.69, 9.17) is 35.2 Å². The Hall–Kier alpha value is -1.13. The molecule has 288 valence electrons. The van der Waals surface area contributed by atoms with E-state index in [1.807, 2.05) is 0 Å². The summed E-state index contributed by atoms with van der Waals surface area (Å²) in [7, 11) is 0. The highest BCUT2D eigenvalue weighted by Crippen LogP contribution is 2.31. The monoisotopic (exact) mass is 711 g/mol. The fourth-order valence-electron chi connectivity index (χ4n) is 6.53. The highest BCUT2D eigenvalue weighted by atomic mass is 16.7. The van der Waals surface area contributed by atoms with Gasteiger partial charge in [0.05, 0.1) is 31.9 Å². The Morgan fingerprint density at radius 2 is 1.06 bits per heavy atom. The molecule has 0 aromatic heterocycles. The van der Waals surface area contributed by atoms with Crippen LogP contribution in [0.4, 0.5) is 0 Å². The van der Waals surface area contributed by atoms with Crippen LogP contribution in [0, 0.1) is 0 Å². The molecule has 3 rings (SSSR count). The average Bonchev–Trinajstić information content (AvgIpc) is 3.09. The van der Waals surface area contributed by atoms with Gasteiger partial charge in [0.2, 0.25) is 5.91 Å². The predicted octanol–water partition coefficient (Wildman–Crippen LogP) is -2.82. The summed E-state index contributed by atoms with van der Waals surface area (Å²) in [6.07, 6.45) is -4.97. The van der Waals surface area contributed by atoms with Crippen molar-refractivity contribution in [2.75, 3.05) is 19.8 Å². The molecule has 3 fully saturated rings. The van der Waals surface area contributed by atoms with Crippen LogP contribution in [0.1, 0.15) is 84.0 Å². The minimum atomic E-state index is -1.67. The van der Waals surface area contributed by atoms with Crippen LogP contribution >= 0.6 is 0 Å². The zero-order chi connectivity index (χ0) is 36.1. The van der Waals surface area contributed by atoms with E-state index in [2.05, 4.69) is 12.2 Å². The fraction of sp³-hybridized carbons (Fsp3) is 0.969. The second-order valence-electron chi connectivity index (χ2n) is 13.4. The second kappa shape index (κ2) is 21.4. The van der Waals surface area contributed by atoms with Gasteiger partial charge in [-0.2, -0.15) is 0 Å². The molecule has 0 aromatic rings. The average molecular weight is 712 g/mol. The standard InChI is InChI=1S/C32H61N3O14/c1-2-3-4-5-6-7-8-9-10-11-12-13-20(39)35-23-27(43)29(18(15-37)45-30(23)44)49-32-22(34)26(42)28(19(16-38)47-32)48-31-21(33)25(41)24(40)17(14-36)46-31/h17-19,21-32,36-38,40-44H,2-16,33-34H2,1H3,(H,35,39)/t17-,18-,19-,21-,22-,23-,24-,25-,26-,27-,28-,29-,30?,31+,32+/m1/s1. The first kappa shape index (κ1) is 42.3. The highest BCUT2D eigenvalue weighted by Gasteiger charge is 2.52. The molecule has 0 saturated carbocycles. The van der Waals surface area contributed by atoms with Gasteiger partial charge in [-0.1, -0.05) is 71.1 Å². The minimum Gasteiger partial charge on any atom is -0.394 e. The third-order valence-electron chi connectivity index (χ3n) is 9.62. The molecule has 1 amide bonds. The van der Waals surface area contributed by atoms with Gasteiger partial charge in [0.15, 0.2) is 18.9 Å². The van der Waals surface area contributed by atoms with E-state index in [1.54, 1.807) is 0 Å². The minimum absolute atomic E-state index is 0.174. The number of hydrogen-bond acceptors (Lipinski definition) is 16. The summed E-state index contributed by atoms with van der Waals surface area (Å²) >= 11 is 0. The number of unbranched alkanes of at least 4 members (excludes halogenated alkanes) is 10. The molecule has 0 bridgehead atoms. The van der Waals surface area contributed by atoms with Crippen molar-refractivity contribution in [1.82, 2.24) is 5.32 Å². The molecule has 3 aliphatic heterocycles. The Kier molecular flexibility index (Phi) is 18.5. The second-order valence-corrected chi connectivity index (χ2v) is 13.4. The fourth-order valence-corrected chi connectivity index (χ4v) is 6.53. The van der Waals surface area contributed by atoms with Crippen LogP contribution in [0.25, 0.3) is 0 Å². The molecule has 49 heavy (non-hydrogen) atoms. The first-order valence-electron chi connectivity index (χ1n) is 17.8. The van der Waals surface area contributed by atoms with E-state index < -0.39 is 118 Å². The van der Waals surface area contributed by atoms with Gasteiger partial charge in [0.25, 0.3) is 0 Å². The molecule has 0 aliphatic carbocycles. The summed E-state index contributed by atoms with van der Waals surface area (Å²) in [6.45, 7) is 0.109. The van der Waals surface area contributed by atoms with Gasteiger partial charge in [0.1, 0.15) is 61.0 Å². The predicted molar refractivity (Wildman–Crippen MR) is 172 cm³/mol. The number of amides is 1. The van der Waals surface area contributed by atoms with Gasteiger partial charge in [-0.05, 0) is 6.42 Å². The molecule has 17 nitrogen and oxygen atoms in total. The number of carbonyl (C=O) groups is 1. The van der Waals surface area contributed by atoms with Crippen molar-refractivity contribution in [3.8, 4) is 0 Å². The smallest absolute Gasteiger partial charge is 0.220 e. The number of nitrogens with one attached hydrogen (secondary N) is 1. The number of aliphatic hydroxyl groups is 8. The van der Waals surface area contributed by atoms with Crippen LogP contribution in [0.15, 0.2) is 0 Å². The molecule has 0 aromatic carbocycles. The number of aliphatic hydroxyl groups excluding tert-OH is 8. The highest BCUT2D eigenvalue weighted by molar-refractivity contribution is 5.76. The van der Waals surface area contributed by atoms with E-state index in [-0.39, 0.29) is 6.42 Å². The Bertz CT molecular complexity index is 938. The normalized spacial score (nSPS) is 39.9. The Labute approximate surface area is 287 Å². The molecular formula is C32H61N3O14. The number of ether oxygens (including phenoxy) is 5. The largest absolute Gasteiger partial charge is 0.394 e. The molecule has 15 atom stereocenters. The summed E-state index contributed by atoms with van der Waals surface area (Å²) in [5.41, 5.74) is 12.2. The van der Waals surface area contributed by atoms with Crippen LogP contribution in [-0.2, 0) is 28.5 Å². The number of hydrogen-bond donors (Lipinski definition) is 11. The maximum atomic E-state index is 12.7. The van der Waals surface area contributed by atoms with Gasteiger partial charge >= 0.3 is 0 Å². The number of carbonyl (C=O) groups excluding carboxylic acids is 1. The van der Waals surface area contributed by atoms with Crippen molar-refractivity contribution in [2.45, 2.75) is 176 Å². The van der Waals surface area contributed by atoms with Crippen molar-refractivity contribution in [3.63, 3.8) is 0 Å². The number of rotatable bonds is 20. The molecule has 0 radical (unpaired) electrons. The van der Waals surface area contributed by atoms with Crippen molar-refractivity contribution in [1.29, 1.82) is 0 Å². The van der Waals surface area contributed by atoms with Gasteiger partial charge in [-0.3, -0.25) is 4.79 Å². The number of nitrogens with two attached hydrogens (primary N) is 2. The lowest BCUT2D eigenvalue weighted by atomic mass is 9.94. The van der Waals surface area contributed by atoms with Gasteiger partial charge in [-0.15, -0.1) is 0 Å². The maximum Gasteiger partial charge on any atom is 0.220 e. The first-order valence-corrected chi connectivity index (χ1v) is 17.8. The maximum absolute atomic E-state index is 12.7. The van der Waals surface area contributed by atoms with Crippen molar-refractivity contribution in [3.05, 3.63) is 0 Å². The third kappa shape index (κ3) is 11.7. The topological polar surface area (TPSA) is 289 Å². The Morgan fingerprint density at radius 3 is 1.59 bits per heavy atom. The van der Waals surface area contributed by atoms with Crippen LogP contribution < -0.4 is 16.8 Å². The zero-order valence-corrected chi connectivity index (χ0v) is 28.4. The molecule has 3 saturated heterocycles. The van der Waals surface area contributed by atoms with E-state index >= 15 is 0 Å². The molecule has 17 heteroatoms. The summed E-state index contributed by atoms with van der Waals surface area (Å²) in [5, 5.41) is 85.2. The van der Waals surface area contributed by atoms with Crippen LogP contribution in [-0.4, -0.2) is 159 Å². The van der Waals surface area contributed by atoms with E-state index in [1.165, 1.54) is 44.9 Å². The zero-order valence-electron chi connectivity index (χ0n) is 28.4. The molecule has 0 spiro atoms. The van der Waals surface area contributed by atoms with Crippen molar-refractivity contribution < 1.29 is 69.3 Å². The van der Waals surface area contributed by atoms with Gasteiger partial charge in [-0.25, -0.2) is 0 Å². The first-order chi connectivity index (χ1) is 23.5. The van der Waals surface area contributed by atoms with Crippen LogP contribution in [0.2, 0.25) is 0 Å². The lowest BCUT2D eigenvalue weighted by Gasteiger charge is -2.48. The Morgan fingerprint density at radius 1 is 0.612 bits per heavy atom. The van der Waals surface area contributed by atoms with E-state index in [9.17, 15) is 45.6 Å². The summed E-state index contributed by atoms with van der Waals surface area (Å²) in [4.78, 5) is 12.7. The summed E-state index contributed by atoms with van der Waals surface area (Å²) in [6, 6.07) is -4.01. The summed E-state index contributed by atoms with van der Waals surface area (Å²) in [5.74, 6) is -0.408. The molecule has 1 unspecified atom stereocenters. The SMILES string of the molecule is CCCCCCCCCCCCCC(=O)N[C@H]1C(O)O[C@H](CO)[C@@H](O[C@@H]2O[C@H](CO)[C@@H](O[C@@H]3O[C@H](CO)[C@@H](O)[C@H](O)[C@H]3N)[C@H](O)[C@H]2N)[C@@H]1O. The molecule has 3 aliphatic rings. The third-order valence-corrected chi connectivity index (χ3v) is 9.62. The van der Waals surface area contributed by atoms with E-state index in [0.717, 1.165) is 19.3 Å². The van der Waals surface area contributed by atoms with Gasteiger partial charge < -0.3 is 81.3 Å². The van der Waals surface area contributed by atoms with Crippen molar-refractivity contribution in [2.24, 2.45) is 11.5 Å². The quantitative estimate of drug-likeness (QED) is 0.0568. The summed E-state index contributed by atoms with van der Waals surface area (Å²) < 4.78 is 28.3. The molecule has 3 heterocycles. The van der Waals surface area contributed by atoms with Crippen molar-refractivity contribution >= 4 is 5.91 Å². The molecule has 13 N–H and O–H groups in total. The Balaban J connectivity index is 1.53. The lowest BCUT2D eigenvalue weighted by Crippen LogP contribution is -2.69. The lowest BCUT2D eigenvalue weighted by molar-refractivity contribution is -0.348. The van der Waals surface area contributed by atoms with Crippen LogP contribution in [0.3, 0.4) is 0 Å². The van der Waals surface area contributed by atoms with E-state index in [0.29, 0.717) is 6.42 Å². The van der Waals surface area contributed by atoms with Crippen LogP contribution in [0.5, 0.6) is 0 Å². The molecular weight excluding hydrogens is 650 g/mol. The van der Waals surface area contributed by atoms with Gasteiger partial charge in [0, 0.05) is 6.42 Å².